The lowest BCUT2D eigenvalue weighted by atomic mass is 10.1. The molecule has 0 amide bonds. The van der Waals surface area contributed by atoms with Crippen LogP contribution in [0.25, 0.3) is 0 Å². The Hall–Kier alpha value is -2.84. The van der Waals surface area contributed by atoms with E-state index in [0.717, 1.165) is 0 Å². The first kappa shape index (κ1) is 19.5. The highest BCUT2D eigenvalue weighted by Gasteiger charge is 2.20. The van der Waals surface area contributed by atoms with Gasteiger partial charge in [-0.2, -0.15) is 0 Å². The van der Waals surface area contributed by atoms with E-state index in [1.807, 2.05) is 0 Å². The summed E-state index contributed by atoms with van der Waals surface area (Å²) in [4.78, 5) is 10.8. The number of hydrogen-bond donors (Lipinski definition) is 2. The summed E-state index contributed by atoms with van der Waals surface area (Å²) >= 11 is 0. The van der Waals surface area contributed by atoms with Crippen molar-refractivity contribution in [3.05, 3.63) is 57.6 Å². The first-order chi connectivity index (χ1) is 12.5. The third kappa shape index (κ3) is 4.41. The lowest BCUT2D eigenvalue weighted by Crippen LogP contribution is -2.21. The topological polar surface area (TPSA) is 103 Å². The Morgan fingerprint density at radius 1 is 1.08 bits per heavy atom. The van der Waals surface area contributed by atoms with Gasteiger partial charge in [0.05, 0.1) is 32.4 Å². The summed E-state index contributed by atoms with van der Waals surface area (Å²) in [6.07, 6.45) is -0.806. The standard InChI is InChI=1S/C18H22N2O6/c1-24-15-8-7-12(9-17(15)26-3)14(21)11-19-10-13-5-4-6-16(25-2)18(13)20(22)23/h4-9,14,19,21H,10-11H2,1-3H3. The van der Waals surface area contributed by atoms with Crippen LogP contribution in [0.2, 0.25) is 0 Å². The molecular formula is C18H22N2O6. The minimum absolute atomic E-state index is 0.0805. The van der Waals surface area contributed by atoms with E-state index in [4.69, 9.17) is 14.2 Å². The number of nitrogens with zero attached hydrogens (tertiary/aromatic N) is 1. The van der Waals surface area contributed by atoms with E-state index in [-0.39, 0.29) is 24.5 Å². The van der Waals surface area contributed by atoms with Gasteiger partial charge < -0.3 is 24.6 Å². The monoisotopic (exact) mass is 362 g/mol. The molecular weight excluding hydrogens is 340 g/mol. The average molecular weight is 362 g/mol. The molecule has 2 rings (SSSR count). The van der Waals surface area contributed by atoms with Crippen LogP contribution in [0.1, 0.15) is 17.2 Å². The Kier molecular flexibility index (Phi) is 6.76. The van der Waals surface area contributed by atoms with Crippen molar-refractivity contribution in [1.82, 2.24) is 5.32 Å². The zero-order valence-electron chi connectivity index (χ0n) is 14.9. The Morgan fingerprint density at radius 2 is 1.77 bits per heavy atom. The van der Waals surface area contributed by atoms with Crippen LogP contribution < -0.4 is 19.5 Å². The van der Waals surface area contributed by atoms with E-state index >= 15 is 0 Å². The number of aliphatic hydroxyl groups excluding tert-OH is 1. The van der Waals surface area contributed by atoms with Crippen molar-refractivity contribution in [3.63, 3.8) is 0 Å². The molecule has 0 aliphatic rings. The van der Waals surface area contributed by atoms with Crippen LogP contribution in [-0.2, 0) is 6.54 Å². The SMILES string of the molecule is COc1ccc(C(O)CNCc2cccc(OC)c2[N+](=O)[O-])cc1OC. The smallest absolute Gasteiger partial charge is 0.315 e. The predicted molar refractivity (Wildman–Crippen MR) is 95.9 cm³/mol. The highest BCUT2D eigenvalue weighted by atomic mass is 16.6. The van der Waals surface area contributed by atoms with Gasteiger partial charge in [-0.1, -0.05) is 18.2 Å². The zero-order valence-corrected chi connectivity index (χ0v) is 14.9. The summed E-state index contributed by atoms with van der Waals surface area (Å²) in [6, 6.07) is 10.0. The molecule has 8 nitrogen and oxygen atoms in total. The van der Waals surface area contributed by atoms with Crippen LogP contribution in [0.5, 0.6) is 17.2 Å². The number of nitro benzene ring substituents is 1. The van der Waals surface area contributed by atoms with Crippen molar-refractivity contribution in [3.8, 4) is 17.2 Å². The Morgan fingerprint density at radius 3 is 2.38 bits per heavy atom. The van der Waals surface area contributed by atoms with E-state index in [1.54, 1.807) is 36.4 Å². The molecule has 0 spiro atoms. The second-order valence-corrected chi connectivity index (χ2v) is 5.49. The molecule has 0 saturated carbocycles. The normalized spacial score (nSPS) is 11.7. The highest BCUT2D eigenvalue weighted by Crippen LogP contribution is 2.31. The number of nitro groups is 1. The summed E-state index contributed by atoms with van der Waals surface area (Å²) < 4.78 is 15.4. The van der Waals surface area contributed by atoms with E-state index in [1.165, 1.54) is 21.3 Å². The van der Waals surface area contributed by atoms with Crippen molar-refractivity contribution in [2.24, 2.45) is 0 Å². The number of nitrogens with one attached hydrogen (secondary N) is 1. The molecule has 140 valence electrons. The fraction of sp³-hybridized carbons (Fsp3) is 0.333. The number of methoxy groups -OCH3 is 3. The molecule has 0 aliphatic heterocycles. The van der Waals surface area contributed by atoms with Crippen LogP contribution in [0.4, 0.5) is 5.69 Å². The molecule has 0 aliphatic carbocycles. The van der Waals surface area contributed by atoms with Crippen LogP contribution >= 0.6 is 0 Å². The summed E-state index contributed by atoms with van der Waals surface area (Å²) in [7, 11) is 4.45. The number of para-hydroxylation sites is 1. The lowest BCUT2D eigenvalue weighted by Gasteiger charge is -2.15. The Bertz CT molecular complexity index is 765. The third-order valence-corrected chi connectivity index (χ3v) is 3.93. The highest BCUT2D eigenvalue weighted by molar-refractivity contribution is 5.52. The number of hydrogen-bond acceptors (Lipinski definition) is 7. The maximum atomic E-state index is 11.3. The van der Waals surface area contributed by atoms with Gasteiger partial charge in [-0.25, -0.2) is 0 Å². The molecule has 0 saturated heterocycles. The van der Waals surface area contributed by atoms with Gasteiger partial charge in [0, 0.05) is 18.7 Å². The molecule has 1 atom stereocenters. The molecule has 0 radical (unpaired) electrons. The van der Waals surface area contributed by atoms with Gasteiger partial charge in [-0.3, -0.25) is 10.1 Å². The van der Waals surface area contributed by atoms with Gasteiger partial charge >= 0.3 is 5.69 Å². The minimum atomic E-state index is -0.806. The zero-order chi connectivity index (χ0) is 19.1. The van der Waals surface area contributed by atoms with Crippen LogP contribution in [0.3, 0.4) is 0 Å². The van der Waals surface area contributed by atoms with E-state index in [9.17, 15) is 15.2 Å². The van der Waals surface area contributed by atoms with Gasteiger partial charge in [0.1, 0.15) is 0 Å². The van der Waals surface area contributed by atoms with E-state index in [2.05, 4.69) is 5.32 Å². The molecule has 0 fully saturated rings. The van der Waals surface area contributed by atoms with Crippen LogP contribution in [-0.4, -0.2) is 37.9 Å². The van der Waals surface area contributed by atoms with Crippen molar-refractivity contribution >= 4 is 5.69 Å². The average Bonchev–Trinajstić information content (AvgIpc) is 2.66. The van der Waals surface area contributed by atoms with Gasteiger partial charge in [-0.05, 0) is 23.8 Å². The first-order valence-electron chi connectivity index (χ1n) is 7.92. The van der Waals surface area contributed by atoms with Crippen molar-refractivity contribution in [1.29, 1.82) is 0 Å². The lowest BCUT2D eigenvalue weighted by molar-refractivity contribution is -0.386. The summed E-state index contributed by atoms with van der Waals surface area (Å²) in [5, 5.41) is 24.6. The molecule has 1 unspecified atom stereocenters. The maximum Gasteiger partial charge on any atom is 0.315 e. The Labute approximate surface area is 151 Å². The van der Waals surface area contributed by atoms with Gasteiger partial charge in [0.25, 0.3) is 0 Å². The second-order valence-electron chi connectivity index (χ2n) is 5.49. The number of ether oxygens (including phenoxy) is 3. The molecule has 2 aromatic rings. The fourth-order valence-electron chi connectivity index (χ4n) is 2.60. The third-order valence-electron chi connectivity index (χ3n) is 3.93. The number of rotatable bonds is 9. The van der Waals surface area contributed by atoms with Gasteiger partial charge in [0.15, 0.2) is 17.2 Å². The molecule has 2 aromatic carbocycles. The quantitative estimate of drug-likeness (QED) is 0.522. The molecule has 0 bridgehead atoms. The minimum Gasteiger partial charge on any atom is -0.493 e. The molecule has 0 aromatic heterocycles. The molecule has 8 heteroatoms. The summed E-state index contributed by atoms with van der Waals surface area (Å²) in [6.45, 7) is 0.432. The summed E-state index contributed by atoms with van der Waals surface area (Å²) in [5.41, 5.74) is 1.05. The summed E-state index contributed by atoms with van der Waals surface area (Å²) in [5.74, 6) is 1.30. The van der Waals surface area contributed by atoms with Crippen molar-refractivity contribution in [2.45, 2.75) is 12.6 Å². The molecule has 26 heavy (non-hydrogen) atoms. The molecule has 2 N–H and O–H groups in total. The number of benzene rings is 2. The van der Waals surface area contributed by atoms with Crippen molar-refractivity contribution in [2.75, 3.05) is 27.9 Å². The number of aliphatic hydroxyl groups is 1. The molecule has 0 heterocycles. The van der Waals surface area contributed by atoms with Gasteiger partial charge in [0.2, 0.25) is 0 Å². The second kappa shape index (κ2) is 9.02. The maximum absolute atomic E-state index is 11.3. The first-order valence-corrected chi connectivity index (χ1v) is 7.92. The Balaban J connectivity index is 2.05. The van der Waals surface area contributed by atoms with E-state index < -0.39 is 11.0 Å². The van der Waals surface area contributed by atoms with Crippen LogP contribution in [0.15, 0.2) is 36.4 Å². The largest absolute Gasteiger partial charge is 0.493 e. The van der Waals surface area contributed by atoms with E-state index in [0.29, 0.717) is 22.6 Å². The van der Waals surface area contributed by atoms with Crippen molar-refractivity contribution < 1.29 is 24.2 Å². The van der Waals surface area contributed by atoms with Crippen LogP contribution in [0, 0.1) is 10.1 Å². The van der Waals surface area contributed by atoms with Gasteiger partial charge in [-0.15, -0.1) is 0 Å². The fourth-order valence-corrected chi connectivity index (χ4v) is 2.60. The predicted octanol–water partition coefficient (Wildman–Crippen LogP) is 2.44.